The summed E-state index contributed by atoms with van der Waals surface area (Å²) in [6, 6.07) is 3.52. The van der Waals surface area contributed by atoms with Crippen LogP contribution in [0.25, 0.3) is 0 Å². The number of carbonyl (C=O) groups is 3. The molecule has 15 heteroatoms. The first kappa shape index (κ1) is 37.8. The number of carbonyl (C=O) groups excluding carboxylic acids is 3. The molecule has 49 heavy (non-hydrogen) atoms. The number of nitrogens with zero attached hydrogens (tertiary/aromatic N) is 3. The fraction of sp³-hybridized carbons (Fsp3) is 0.559. The molecule has 0 radical (unpaired) electrons. The summed E-state index contributed by atoms with van der Waals surface area (Å²) in [6.07, 6.45) is -9.11. The molecule has 2 aliphatic heterocycles. The van der Waals surface area contributed by atoms with Crippen molar-refractivity contribution in [2.75, 3.05) is 26.7 Å². The monoisotopic (exact) mass is 702 g/mol. The molecule has 2 aromatic carbocycles. The summed E-state index contributed by atoms with van der Waals surface area (Å²) in [7, 11) is 1.28. The molecule has 2 heterocycles. The number of urea groups is 1. The Morgan fingerprint density at radius 1 is 0.898 bits per heavy atom. The van der Waals surface area contributed by atoms with Gasteiger partial charge in [0.1, 0.15) is 11.4 Å². The minimum absolute atomic E-state index is 0.0298. The molecule has 0 aliphatic carbocycles. The minimum atomic E-state index is -5.04. The highest BCUT2D eigenvalue weighted by Gasteiger charge is 2.39. The lowest BCUT2D eigenvalue weighted by Gasteiger charge is -2.42. The van der Waals surface area contributed by atoms with Crippen LogP contribution in [0.5, 0.6) is 0 Å². The molecule has 0 saturated carbocycles. The Morgan fingerprint density at radius 3 is 2.02 bits per heavy atom. The number of nitrogens with one attached hydrogen (secondary N) is 1. The van der Waals surface area contributed by atoms with Crippen LogP contribution >= 0.6 is 0 Å². The highest BCUT2D eigenvalue weighted by Crippen LogP contribution is 2.38. The van der Waals surface area contributed by atoms with E-state index in [1.165, 1.54) is 30.1 Å². The standard InChI is InChI=1S/C34H41F7N4O4/c1-20-14-25(35)6-7-27(20)28-18-26(42-29(46)22-8-11-44(12-9-22)31(48)49-32(2,3)4)10-13-45(28)30(47)43(5)19-21-15-23(33(36,37)38)17-24(16-21)34(39,40)41/h6-7,14-17,22,26,28H,8-13,18-19H2,1-5H3,(H,42,46)/t26-,28+/m0/s1. The second-order valence-electron chi connectivity index (χ2n) is 13.7. The van der Waals surface area contributed by atoms with Gasteiger partial charge in [-0.25, -0.2) is 14.0 Å². The molecule has 2 aliphatic rings. The average Bonchev–Trinajstić information content (AvgIpc) is 2.99. The van der Waals surface area contributed by atoms with Crippen molar-refractivity contribution in [3.63, 3.8) is 0 Å². The van der Waals surface area contributed by atoms with Gasteiger partial charge in [-0.05, 0) is 100 Å². The Bertz CT molecular complexity index is 1500. The van der Waals surface area contributed by atoms with Crippen molar-refractivity contribution in [2.24, 2.45) is 5.92 Å². The lowest BCUT2D eigenvalue weighted by Crippen LogP contribution is -2.52. The maximum atomic E-state index is 14.0. The molecule has 0 spiro atoms. The van der Waals surface area contributed by atoms with E-state index in [1.807, 2.05) is 0 Å². The van der Waals surface area contributed by atoms with Crippen LogP contribution in [0.1, 0.15) is 80.3 Å². The number of hydrogen-bond donors (Lipinski definition) is 1. The predicted molar refractivity (Wildman–Crippen MR) is 166 cm³/mol. The molecule has 2 atom stereocenters. The van der Waals surface area contributed by atoms with Crippen molar-refractivity contribution in [3.05, 3.63) is 70.0 Å². The summed E-state index contributed by atoms with van der Waals surface area (Å²) >= 11 is 0. The molecule has 0 bridgehead atoms. The van der Waals surface area contributed by atoms with Crippen LogP contribution in [0.15, 0.2) is 36.4 Å². The van der Waals surface area contributed by atoms with Crippen LogP contribution in [0.3, 0.4) is 0 Å². The number of aryl methyl sites for hydroxylation is 1. The number of alkyl halides is 6. The minimum Gasteiger partial charge on any atom is -0.444 e. The predicted octanol–water partition coefficient (Wildman–Crippen LogP) is 7.69. The van der Waals surface area contributed by atoms with Crippen LogP contribution in [0.4, 0.5) is 40.3 Å². The summed E-state index contributed by atoms with van der Waals surface area (Å²) in [5, 5.41) is 3.06. The number of amides is 4. The summed E-state index contributed by atoms with van der Waals surface area (Å²) in [6.45, 7) is 7.22. The molecule has 2 fully saturated rings. The fourth-order valence-electron chi connectivity index (χ4n) is 6.27. The van der Waals surface area contributed by atoms with E-state index in [4.69, 9.17) is 4.74 Å². The third-order valence-electron chi connectivity index (χ3n) is 8.70. The van der Waals surface area contributed by atoms with Crippen LogP contribution in [-0.4, -0.2) is 71.1 Å². The molecular weight excluding hydrogens is 661 g/mol. The number of rotatable bonds is 5. The number of likely N-dealkylation sites (tertiary alicyclic amines) is 2. The van der Waals surface area contributed by atoms with E-state index in [0.29, 0.717) is 55.6 Å². The number of benzene rings is 2. The van der Waals surface area contributed by atoms with Crippen LogP contribution < -0.4 is 5.32 Å². The molecule has 4 amide bonds. The van der Waals surface area contributed by atoms with E-state index < -0.39 is 65.7 Å². The van der Waals surface area contributed by atoms with Gasteiger partial charge in [-0.1, -0.05) is 6.07 Å². The topological polar surface area (TPSA) is 82.2 Å². The highest BCUT2D eigenvalue weighted by molar-refractivity contribution is 5.80. The fourth-order valence-corrected chi connectivity index (χ4v) is 6.27. The van der Waals surface area contributed by atoms with Crippen molar-refractivity contribution in [2.45, 2.75) is 90.0 Å². The summed E-state index contributed by atoms with van der Waals surface area (Å²) < 4.78 is 100. The average molecular weight is 703 g/mol. The first-order valence-electron chi connectivity index (χ1n) is 16.0. The summed E-state index contributed by atoms with van der Waals surface area (Å²) in [5.74, 6) is -1.06. The maximum absolute atomic E-state index is 14.0. The smallest absolute Gasteiger partial charge is 0.416 e. The van der Waals surface area contributed by atoms with E-state index in [9.17, 15) is 45.1 Å². The van der Waals surface area contributed by atoms with Crippen LogP contribution in [0, 0.1) is 18.7 Å². The van der Waals surface area contributed by atoms with Gasteiger partial charge in [-0.2, -0.15) is 26.3 Å². The van der Waals surface area contributed by atoms with Gasteiger partial charge in [0, 0.05) is 45.2 Å². The summed E-state index contributed by atoms with van der Waals surface area (Å²) in [4.78, 5) is 43.6. The largest absolute Gasteiger partial charge is 0.444 e. The maximum Gasteiger partial charge on any atom is 0.416 e. The van der Waals surface area contributed by atoms with Gasteiger partial charge in [0.15, 0.2) is 0 Å². The zero-order chi connectivity index (χ0) is 36.5. The number of hydrogen-bond acceptors (Lipinski definition) is 4. The van der Waals surface area contributed by atoms with Gasteiger partial charge in [0.25, 0.3) is 0 Å². The molecule has 4 rings (SSSR count). The van der Waals surface area contributed by atoms with Crippen LogP contribution in [-0.2, 0) is 28.4 Å². The SMILES string of the molecule is Cc1cc(F)ccc1[C@H]1C[C@@H](NC(=O)C2CCN(C(=O)OC(C)(C)C)CC2)CCN1C(=O)N(C)Cc1cc(C(F)(F)F)cc(C(F)(F)F)c1. The van der Waals surface area contributed by atoms with Crippen molar-refractivity contribution < 1.29 is 49.9 Å². The van der Waals surface area contributed by atoms with Gasteiger partial charge < -0.3 is 24.8 Å². The second-order valence-corrected chi connectivity index (χ2v) is 13.7. The quantitative estimate of drug-likeness (QED) is 0.324. The highest BCUT2D eigenvalue weighted by atomic mass is 19.4. The molecule has 2 saturated heterocycles. The first-order valence-corrected chi connectivity index (χ1v) is 16.0. The molecule has 270 valence electrons. The zero-order valence-corrected chi connectivity index (χ0v) is 28.0. The number of halogens is 7. The van der Waals surface area contributed by atoms with Gasteiger partial charge in [-0.3, -0.25) is 4.79 Å². The Balaban J connectivity index is 1.49. The first-order chi connectivity index (χ1) is 22.6. The van der Waals surface area contributed by atoms with Crippen molar-refractivity contribution >= 4 is 18.0 Å². The van der Waals surface area contributed by atoms with E-state index >= 15 is 0 Å². The Kier molecular flexibility index (Phi) is 11.1. The Morgan fingerprint density at radius 2 is 1.49 bits per heavy atom. The number of ether oxygens (including phenoxy) is 1. The molecular formula is C34H41F7N4O4. The Labute approximate surface area is 280 Å². The van der Waals surface area contributed by atoms with Gasteiger partial charge in [0.05, 0.1) is 17.2 Å². The second kappa shape index (κ2) is 14.4. The van der Waals surface area contributed by atoms with Gasteiger partial charge in [0.2, 0.25) is 5.91 Å². The molecule has 0 unspecified atom stereocenters. The molecule has 1 N–H and O–H groups in total. The lowest BCUT2D eigenvalue weighted by atomic mass is 9.88. The van der Waals surface area contributed by atoms with Gasteiger partial charge >= 0.3 is 24.5 Å². The Hall–Kier alpha value is -4.04. The third kappa shape index (κ3) is 9.78. The van der Waals surface area contributed by atoms with E-state index in [1.54, 1.807) is 32.6 Å². The van der Waals surface area contributed by atoms with Crippen LogP contribution in [0.2, 0.25) is 0 Å². The third-order valence-corrected chi connectivity index (χ3v) is 8.70. The van der Waals surface area contributed by atoms with Crippen molar-refractivity contribution in [1.29, 1.82) is 0 Å². The normalized spacial score (nSPS) is 19.4. The van der Waals surface area contributed by atoms with E-state index in [2.05, 4.69) is 5.32 Å². The summed E-state index contributed by atoms with van der Waals surface area (Å²) in [5.41, 5.74) is -2.85. The van der Waals surface area contributed by atoms with E-state index in [0.717, 1.165) is 4.90 Å². The van der Waals surface area contributed by atoms with E-state index in [-0.39, 0.29) is 36.4 Å². The van der Waals surface area contributed by atoms with Crippen molar-refractivity contribution in [3.8, 4) is 0 Å². The zero-order valence-electron chi connectivity index (χ0n) is 28.0. The van der Waals surface area contributed by atoms with Crippen molar-refractivity contribution in [1.82, 2.24) is 20.0 Å². The van der Waals surface area contributed by atoms with Gasteiger partial charge in [-0.15, -0.1) is 0 Å². The molecule has 0 aromatic heterocycles. The molecule has 2 aromatic rings. The lowest BCUT2D eigenvalue weighted by molar-refractivity contribution is -0.143. The number of piperidine rings is 2. The molecule has 8 nitrogen and oxygen atoms in total.